The Kier molecular flexibility index (Phi) is 2.58. The van der Waals surface area contributed by atoms with Crippen LogP contribution >= 0.6 is 0 Å². The normalized spacial score (nSPS) is 26.9. The lowest BCUT2D eigenvalue weighted by Crippen LogP contribution is -2.02. The summed E-state index contributed by atoms with van der Waals surface area (Å²) in [5, 5.41) is 9.02. The van der Waals surface area contributed by atoms with Gasteiger partial charge in [0.2, 0.25) is 0 Å². The number of benzene rings is 1. The molecule has 0 saturated heterocycles. The number of hydrogen-bond donors (Lipinski definition) is 1. The van der Waals surface area contributed by atoms with Gasteiger partial charge in [-0.25, -0.2) is 0 Å². The lowest BCUT2D eigenvalue weighted by atomic mass is 10.1. The minimum absolute atomic E-state index is 0.100. The van der Waals surface area contributed by atoms with E-state index in [1.807, 2.05) is 56.3 Å². The predicted octanol–water partition coefficient (Wildman–Crippen LogP) is 3.06. The molecule has 1 aromatic carbocycles. The molecule has 1 saturated carbocycles. The van der Waals surface area contributed by atoms with Gasteiger partial charge in [0.1, 0.15) is 0 Å². The Balaban J connectivity index is 2.08. The van der Waals surface area contributed by atoms with Crippen molar-refractivity contribution in [2.24, 2.45) is 17.3 Å². The fraction of sp³-hybridized carbons (Fsp3) is 0.357. The van der Waals surface area contributed by atoms with Gasteiger partial charge in [0.05, 0.1) is 5.92 Å². The van der Waals surface area contributed by atoms with Crippen molar-refractivity contribution in [3.8, 4) is 0 Å². The van der Waals surface area contributed by atoms with Gasteiger partial charge in [-0.1, -0.05) is 56.3 Å². The van der Waals surface area contributed by atoms with E-state index in [1.165, 1.54) is 0 Å². The Bertz CT molecular complexity index is 418. The quantitative estimate of drug-likeness (QED) is 0.843. The lowest BCUT2D eigenvalue weighted by Gasteiger charge is -1.96. The largest absolute Gasteiger partial charge is 0.481 e. The van der Waals surface area contributed by atoms with E-state index in [1.54, 1.807) is 0 Å². The molecule has 2 atom stereocenters. The third-order valence-corrected chi connectivity index (χ3v) is 3.47. The molecule has 1 N–H and O–H groups in total. The Morgan fingerprint density at radius 1 is 1.31 bits per heavy atom. The highest BCUT2D eigenvalue weighted by Crippen LogP contribution is 2.59. The molecule has 1 fully saturated rings. The molecule has 0 unspecified atom stereocenters. The fourth-order valence-corrected chi connectivity index (χ4v) is 2.29. The van der Waals surface area contributed by atoms with E-state index in [0.717, 1.165) is 5.56 Å². The number of carboxylic acids is 1. The summed E-state index contributed by atoms with van der Waals surface area (Å²) in [6.45, 7) is 4.01. The Morgan fingerprint density at radius 2 is 1.94 bits per heavy atom. The van der Waals surface area contributed by atoms with Gasteiger partial charge in [-0.2, -0.15) is 0 Å². The van der Waals surface area contributed by atoms with Gasteiger partial charge in [-0.15, -0.1) is 0 Å². The topological polar surface area (TPSA) is 37.3 Å². The number of allylic oxidation sites excluding steroid dienone is 1. The third kappa shape index (κ3) is 1.87. The van der Waals surface area contributed by atoms with Gasteiger partial charge < -0.3 is 5.11 Å². The molecule has 0 aromatic heterocycles. The van der Waals surface area contributed by atoms with Crippen LogP contribution in [0.25, 0.3) is 6.08 Å². The third-order valence-electron chi connectivity index (χ3n) is 3.47. The number of hydrogen-bond acceptors (Lipinski definition) is 1. The average molecular weight is 216 g/mol. The smallest absolute Gasteiger partial charge is 0.307 e. The number of carboxylic acid groups (broad SMARTS) is 1. The van der Waals surface area contributed by atoms with Crippen molar-refractivity contribution in [2.45, 2.75) is 13.8 Å². The standard InChI is InChI=1S/C14H16O2/c1-14(2)11(12(14)13(15)16)9-8-10-6-4-3-5-7-10/h3-9,11-12H,1-2H3,(H,15,16)/t11-,12-/m0/s1. The highest BCUT2D eigenvalue weighted by atomic mass is 16.4. The second-order valence-electron chi connectivity index (χ2n) is 4.93. The van der Waals surface area contributed by atoms with Crippen LogP contribution < -0.4 is 0 Å². The molecule has 2 heteroatoms. The van der Waals surface area contributed by atoms with Gasteiger partial charge in [-0.3, -0.25) is 4.79 Å². The molecule has 1 aliphatic rings. The minimum atomic E-state index is -0.687. The lowest BCUT2D eigenvalue weighted by molar-refractivity contribution is -0.139. The molecule has 16 heavy (non-hydrogen) atoms. The first kappa shape index (κ1) is 10.9. The Morgan fingerprint density at radius 3 is 2.44 bits per heavy atom. The maximum atomic E-state index is 11.0. The monoisotopic (exact) mass is 216 g/mol. The SMILES string of the molecule is CC1(C)[C@H](C(=O)O)[C@@H]1C=Cc1ccccc1. The highest BCUT2D eigenvalue weighted by Gasteiger charge is 2.60. The molecule has 2 rings (SSSR count). The predicted molar refractivity (Wildman–Crippen MR) is 63.9 cm³/mol. The second kappa shape index (κ2) is 3.78. The number of aliphatic carboxylic acids is 1. The van der Waals surface area contributed by atoms with Crippen LogP contribution in [0.2, 0.25) is 0 Å². The van der Waals surface area contributed by atoms with Gasteiger partial charge in [-0.05, 0) is 16.9 Å². The summed E-state index contributed by atoms with van der Waals surface area (Å²) in [6.07, 6.45) is 4.03. The van der Waals surface area contributed by atoms with Crippen LogP contribution in [0, 0.1) is 17.3 Å². The molecule has 0 aliphatic heterocycles. The molecule has 1 aromatic rings. The summed E-state index contributed by atoms with van der Waals surface area (Å²) in [7, 11) is 0. The van der Waals surface area contributed by atoms with Crippen molar-refractivity contribution in [1.29, 1.82) is 0 Å². The maximum absolute atomic E-state index is 11.0. The highest BCUT2D eigenvalue weighted by molar-refractivity contribution is 5.76. The van der Waals surface area contributed by atoms with Crippen LogP contribution in [0.15, 0.2) is 36.4 Å². The summed E-state index contributed by atoms with van der Waals surface area (Å²) < 4.78 is 0. The van der Waals surface area contributed by atoms with E-state index in [0.29, 0.717) is 0 Å². The summed E-state index contributed by atoms with van der Waals surface area (Å²) in [5.41, 5.74) is 1.02. The van der Waals surface area contributed by atoms with Crippen molar-refractivity contribution < 1.29 is 9.90 Å². The van der Waals surface area contributed by atoms with Crippen LogP contribution in [-0.4, -0.2) is 11.1 Å². The molecular weight excluding hydrogens is 200 g/mol. The summed E-state index contributed by atoms with van der Waals surface area (Å²) in [4.78, 5) is 11.0. The number of carbonyl (C=O) groups is 1. The zero-order valence-electron chi connectivity index (χ0n) is 9.55. The van der Waals surface area contributed by atoms with Gasteiger partial charge in [0, 0.05) is 0 Å². The van der Waals surface area contributed by atoms with Crippen LogP contribution in [0.1, 0.15) is 19.4 Å². The number of rotatable bonds is 3. The maximum Gasteiger partial charge on any atom is 0.307 e. The Labute approximate surface area is 95.6 Å². The van der Waals surface area contributed by atoms with Crippen LogP contribution in [0.5, 0.6) is 0 Å². The first-order chi connectivity index (χ1) is 7.53. The van der Waals surface area contributed by atoms with Gasteiger partial charge in [0.15, 0.2) is 0 Å². The first-order valence-corrected chi connectivity index (χ1v) is 5.49. The molecule has 0 spiro atoms. The molecule has 1 aliphatic carbocycles. The summed E-state index contributed by atoms with van der Waals surface area (Å²) in [6, 6.07) is 9.96. The van der Waals surface area contributed by atoms with E-state index >= 15 is 0 Å². The van der Waals surface area contributed by atoms with E-state index < -0.39 is 5.97 Å². The second-order valence-corrected chi connectivity index (χ2v) is 4.93. The van der Waals surface area contributed by atoms with E-state index in [4.69, 9.17) is 5.11 Å². The van der Waals surface area contributed by atoms with Crippen molar-refractivity contribution >= 4 is 12.0 Å². The molecule has 0 amide bonds. The first-order valence-electron chi connectivity index (χ1n) is 5.49. The molecular formula is C14H16O2. The van der Waals surface area contributed by atoms with Crippen molar-refractivity contribution in [1.82, 2.24) is 0 Å². The molecule has 0 heterocycles. The van der Waals surface area contributed by atoms with E-state index in [9.17, 15) is 4.79 Å². The van der Waals surface area contributed by atoms with Crippen molar-refractivity contribution in [3.63, 3.8) is 0 Å². The Hall–Kier alpha value is -1.57. The summed E-state index contributed by atoms with van der Waals surface area (Å²) >= 11 is 0. The van der Waals surface area contributed by atoms with Gasteiger partial charge >= 0.3 is 5.97 Å². The van der Waals surface area contributed by atoms with Crippen molar-refractivity contribution in [2.75, 3.05) is 0 Å². The zero-order valence-corrected chi connectivity index (χ0v) is 9.55. The molecule has 0 bridgehead atoms. The fourth-order valence-electron chi connectivity index (χ4n) is 2.29. The minimum Gasteiger partial charge on any atom is -0.481 e. The van der Waals surface area contributed by atoms with Gasteiger partial charge in [0.25, 0.3) is 0 Å². The molecule has 0 radical (unpaired) electrons. The molecule has 2 nitrogen and oxygen atoms in total. The van der Waals surface area contributed by atoms with E-state index in [2.05, 4.69) is 0 Å². The van der Waals surface area contributed by atoms with Crippen LogP contribution in [0.4, 0.5) is 0 Å². The average Bonchev–Trinajstić information content (AvgIpc) is 2.79. The summed E-state index contributed by atoms with van der Waals surface area (Å²) in [5.74, 6) is -0.759. The van der Waals surface area contributed by atoms with E-state index in [-0.39, 0.29) is 17.3 Å². The van der Waals surface area contributed by atoms with Crippen LogP contribution in [0.3, 0.4) is 0 Å². The zero-order chi connectivity index (χ0) is 11.8. The molecule has 84 valence electrons. The van der Waals surface area contributed by atoms with Crippen LogP contribution in [-0.2, 0) is 4.79 Å². The van der Waals surface area contributed by atoms with Crippen molar-refractivity contribution in [3.05, 3.63) is 42.0 Å².